The van der Waals surface area contributed by atoms with Crippen LogP contribution in [0, 0.1) is 6.92 Å². The molecule has 2 N–H and O–H groups in total. The molecule has 1 aromatic heterocycles. The van der Waals surface area contributed by atoms with Crippen molar-refractivity contribution in [2.45, 2.75) is 53.5 Å². The Morgan fingerprint density at radius 2 is 2.17 bits per heavy atom. The Morgan fingerprint density at radius 3 is 2.78 bits per heavy atom. The van der Waals surface area contributed by atoms with Crippen LogP contribution in [-0.4, -0.2) is 29.0 Å². The van der Waals surface area contributed by atoms with Crippen molar-refractivity contribution >= 4 is 29.0 Å². The number of thiazole rings is 1. The normalized spacial score (nSPS) is 25.7. The van der Waals surface area contributed by atoms with Gasteiger partial charge in [0.2, 0.25) is 0 Å². The maximum atomic E-state index is 12.4. The van der Waals surface area contributed by atoms with E-state index in [9.17, 15) is 4.79 Å². The monoisotopic (exact) mass is 345 g/mol. The van der Waals surface area contributed by atoms with E-state index in [-0.39, 0.29) is 11.9 Å². The van der Waals surface area contributed by atoms with Crippen LogP contribution in [0.3, 0.4) is 0 Å². The van der Waals surface area contributed by atoms with Gasteiger partial charge in [-0.1, -0.05) is 11.8 Å². The minimum absolute atomic E-state index is 0.0333. The van der Waals surface area contributed by atoms with Crippen molar-refractivity contribution < 1.29 is 4.79 Å². The maximum absolute atomic E-state index is 12.4. The summed E-state index contributed by atoms with van der Waals surface area (Å²) >= 11 is 3.29. The largest absolute Gasteiger partial charge is 0.348 e. The molecule has 4 nitrogen and oxygen atoms in total. The van der Waals surface area contributed by atoms with Gasteiger partial charge in [-0.05, 0) is 50.5 Å². The molecular weight excluding hydrogens is 326 g/mol. The standard InChI is InChI=1S/C17H19N3OS2/c1-10-9-22-17(18-10)23-13-5-2-11(3-6-13)16(21)20-15-8-12-4-7-14(15)19-12/h2-3,5-6,9,12,14-15,19H,4,7-8H2,1H3,(H,20,21)/t12-,14+,15-/m1/s1. The second-order valence-electron chi connectivity index (χ2n) is 6.24. The van der Waals surface area contributed by atoms with E-state index in [4.69, 9.17) is 0 Å². The lowest BCUT2D eigenvalue weighted by molar-refractivity contribution is 0.0931. The molecule has 0 spiro atoms. The number of hydrogen-bond acceptors (Lipinski definition) is 5. The lowest BCUT2D eigenvalue weighted by Gasteiger charge is -2.21. The molecule has 2 bridgehead atoms. The van der Waals surface area contributed by atoms with Crippen molar-refractivity contribution in [2.24, 2.45) is 0 Å². The molecule has 1 aromatic carbocycles. The first-order valence-corrected chi connectivity index (χ1v) is 9.64. The average molecular weight is 345 g/mol. The van der Waals surface area contributed by atoms with Crippen LogP contribution in [0.1, 0.15) is 35.3 Å². The Kier molecular flexibility index (Phi) is 4.13. The molecule has 120 valence electrons. The van der Waals surface area contributed by atoms with E-state index in [1.165, 1.54) is 12.8 Å². The number of carbonyl (C=O) groups excluding carboxylic acids is 1. The van der Waals surface area contributed by atoms with Crippen molar-refractivity contribution in [3.63, 3.8) is 0 Å². The van der Waals surface area contributed by atoms with Crippen molar-refractivity contribution in [2.75, 3.05) is 0 Å². The van der Waals surface area contributed by atoms with Crippen molar-refractivity contribution in [1.82, 2.24) is 15.6 Å². The van der Waals surface area contributed by atoms with Gasteiger partial charge in [-0.25, -0.2) is 4.98 Å². The zero-order valence-electron chi connectivity index (χ0n) is 12.9. The summed E-state index contributed by atoms with van der Waals surface area (Å²) in [5.74, 6) is 0.0333. The first-order valence-electron chi connectivity index (χ1n) is 7.94. The summed E-state index contributed by atoms with van der Waals surface area (Å²) in [6, 6.07) is 9.15. The summed E-state index contributed by atoms with van der Waals surface area (Å²) < 4.78 is 1.03. The van der Waals surface area contributed by atoms with Crippen LogP contribution in [0.2, 0.25) is 0 Å². The lowest BCUT2D eigenvalue weighted by atomic mass is 9.95. The van der Waals surface area contributed by atoms with Crippen LogP contribution in [0.5, 0.6) is 0 Å². The molecule has 2 aromatic rings. The lowest BCUT2D eigenvalue weighted by Crippen LogP contribution is -2.42. The third-order valence-corrected chi connectivity index (χ3v) is 6.60. The highest BCUT2D eigenvalue weighted by molar-refractivity contribution is 8.01. The molecule has 4 rings (SSSR count). The Bertz CT molecular complexity index is 713. The first-order chi connectivity index (χ1) is 11.2. The van der Waals surface area contributed by atoms with E-state index in [0.29, 0.717) is 12.1 Å². The van der Waals surface area contributed by atoms with Crippen molar-refractivity contribution in [3.8, 4) is 0 Å². The average Bonchev–Trinajstić information content (AvgIpc) is 3.25. The van der Waals surface area contributed by atoms with Crippen molar-refractivity contribution in [3.05, 3.63) is 40.9 Å². The molecule has 0 saturated carbocycles. The van der Waals surface area contributed by atoms with Gasteiger partial charge in [-0.15, -0.1) is 11.3 Å². The van der Waals surface area contributed by atoms with E-state index < -0.39 is 0 Å². The topological polar surface area (TPSA) is 54.0 Å². The number of benzene rings is 1. The molecule has 1 amide bonds. The maximum Gasteiger partial charge on any atom is 0.251 e. The molecule has 3 heterocycles. The smallest absolute Gasteiger partial charge is 0.251 e. The highest BCUT2D eigenvalue weighted by Gasteiger charge is 2.39. The summed E-state index contributed by atoms with van der Waals surface area (Å²) in [4.78, 5) is 18.0. The molecule has 3 atom stereocenters. The molecule has 0 unspecified atom stereocenters. The third kappa shape index (κ3) is 3.29. The van der Waals surface area contributed by atoms with E-state index >= 15 is 0 Å². The highest BCUT2D eigenvalue weighted by Crippen LogP contribution is 2.31. The van der Waals surface area contributed by atoms with E-state index in [0.717, 1.165) is 26.9 Å². The minimum atomic E-state index is 0.0333. The summed E-state index contributed by atoms with van der Waals surface area (Å²) in [6.45, 7) is 2.00. The van der Waals surface area contributed by atoms with E-state index in [1.54, 1.807) is 23.1 Å². The molecule has 2 saturated heterocycles. The molecule has 6 heteroatoms. The number of amides is 1. The SMILES string of the molecule is Cc1csc(Sc2ccc(C(=O)N[C@@H]3C[C@H]4CC[C@@H]3N4)cc2)n1. The fourth-order valence-corrected chi connectivity index (χ4v) is 5.20. The van der Waals surface area contributed by atoms with Gasteiger partial charge in [-0.2, -0.15) is 0 Å². The zero-order valence-corrected chi connectivity index (χ0v) is 14.5. The van der Waals surface area contributed by atoms with E-state index in [1.807, 2.05) is 36.6 Å². The first kappa shape index (κ1) is 15.2. The Balaban J connectivity index is 1.38. The molecule has 2 aliphatic rings. The second kappa shape index (κ2) is 6.26. The summed E-state index contributed by atoms with van der Waals surface area (Å²) in [6.07, 6.45) is 3.49. The number of carbonyl (C=O) groups is 1. The third-order valence-electron chi connectivity index (χ3n) is 4.54. The minimum Gasteiger partial charge on any atom is -0.348 e. The number of fused-ring (bicyclic) bond motifs is 2. The molecular formula is C17H19N3OS2. The predicted molar refractivity (Wildman–Crippen MR) is 93.2 cm³/mol. The van der Waals surface area contributed by atoms with Crippen LogP contribution >= 0.6 is 23.1 Å². The predicted octanol–water partition coefficient (Wildman–Crippen LogP) is 3.23. The summed E-state index contributed by atoms with van der Waals surface area (Å²) in [7, 11) is 0. The van der Waals surface area contributed by atoms with Crippen LogP contribution in [0.25, 0.3) is 0 Å². The zero-order chi connectivity index (χ0) is 15.8. The molecule has 2 aliphatic heterocycles. The molecule has 0 radical (unpaired) electrons. The molecule has 23 heavy (non-hydrogen) atoms. The van der Waals surface area contributed by atoms with Gasteiger partial charge in [-0.3, -0.25) is 4.79 Å². The number of rotatable bonds is 4. The summed E-state index contributed by atoms with van der Waals surface area (Å²) in [5, 5.41) is 8.78. The number of nitrogens with one attached hydrogen (secondary N) is 2. The fourth-order valence-electron chi connectivity index (χ4n) is 3.39. The van der Waals surface area contributed by atoms with E-state index in [2.05, 4.69) is 15.6 Å². The number of nitrogens with zero attached hydrogens (tertiary/aromatic N) is 1. The number of aryl methyl sites for hydroxylation is 1. The Morgan fingerprint density at radius 1 is 1.35 bits per heavy atom. The highest BCUT2D eigenvalue weighted by atomic mass is 32.2. The van der Waals surface area contributed by atoms with Gasteiger partial charge in [0.1, 0.15) is 0 Å². The van der Waals surface area contributed by atoms with Crippen LogP contribution in [-0.2, 0) is 0 Å². The molecule has 2 fully saturated rings. The van der Waals surface area contributed by atoms with Crippen LogP contribution < -0.4 is 10.6 Å². The van der Waals surface area contributed by atoms with Gasteiger partial charge in [0.15, 0.2) is 4.34 Å². The van der Waals surface area contributed by atoms with Crippen LogP contribution in [0.4, 0.5) is 0 Å². The van der Waals surface area contributed by atoms with Gasteiger partial charge in [0.25, 0.3) is 5.91 Å². The number of aromatic nitrogens is 1. The summed E-state index contributed by atoms with van der Waals surface area (Å²) in [5.41, 5.74) is 1.78. The van der Waals surface area contributed by atoms with Gasteiger partial charge in [0.05, 0.1) is 0 Å². The van der Waals surface area contributed by atoms with Crippen molar-refractivity contribution in [1.29, 1.82) is 0 Å². The quantitative estimate of drug-likeness (QED) is 0.893. The molecule has 0 aliphatic carbocycles. The fraction of sp³-hybridized carbons (Fsp3) is 0.412. The van der Waals surface area contributed by atoms with Gasteiger partial charge >= 0.3 is 0 Å². The number of hydrogen-bond donors (Lipinski definition) is 2. The van der Waals surface area contributed by atoms with Gasteiger partial charge < -0.3 is 10.6 Å². The van der Waals surface area contributed by atoms with Crippen LogP contribution in [0.15, 0.2) is 38.9 Å². The Labute approximate surface area is 144 Å². The second-order valence-corrected chi connectivity index (χ2v) is 8.42. The van der Waals surface area contributed by atoms with Gasteiger partial charge in [0, 0.05) is 39.7 Å². The Hall–Kier alpha value is -1.37.